The van der Waals surface area contributed by atoms with Crippen molar-refractivity contribution in [2.45, 2.75) is 20.1 Å². The van der Waals surface area contributed by atoms with E-state index < -0.39 is 6.61 Å². The zero-order valence-electron chi connectivity index (χ0n) is 9.30. The highest BCUT2D eigenvalue weighted by molar-refractivity contribution is 5.43. The van der Waals surface area contributed by atoms with Crippen molar-refractivity contribution in [3.63, 3.8) is 0 Å². The van der Waals surface area contributed by atoms with E-state index in [1.807, 2.05) is 7.05 Å². The third-order valence-electron chi connectivity index (χ3n) is 1.90. The maximum atomic E-state index is 12.1. The lowest BCUT2D eigenvalue weighted by Gasteiger charge is -2.12. The zero-order valence-corrected chi connectivity index (χ0v) is 9.30. The monoisotopic (exact) mass is 231 g/mol. The molecule has 0 radical (unpaired) electrons. The van der Waals surface area contributed by atoms with Crippen molar-refractivity contribution in [2.24, 2.45) is 0 Å². The van der Waals surface area contributed by atoms with Gasteiger partial charge in [-0.25, -0.2) is 0 Å². The molecule has 0 bridgehead atoms. The van der Waals surface area contributed by atoms with Crippen LogP contribution in [0.4, 0.5) is 8.78 Å². The Morgan fingerprint density at radius 1 is 1.31 bits per heavy atom. The van der Waals surface area contributed by atoms with E-state index in [0.717, 1.165) is 5.56 Å². The molecule has 0 atom stereocenters. The number of benzene rings is 1. The molecule has 0 amide bonds. The van der Waals surface area contributed by atoms with Gasteiger partial charge in [-0.1, -0.05) is 6.07 Å². The van der Waals surface area contributed by atoms with Gasteiger partial charge < -0.3 is 14.8 Å². The van der Waals surface area contributed by atoms with Crippen molar-refractivity contribution in [3.8, 4) is 11.5 Å². The van der Waals surface area contributed by atoms with Gasteiger partial charge >= 0.3 is 6.61 Å². The molecular formula is C11H15F2NO2. The number of hydrogen-bond donors (Lipinski definition) is 1. The Hall–Kier alpha value is -1.36. The van der Waals surface area contributed by atoms with Crippen LogP contribution in [0.2, 0.25) is 0 Å². The summed E-state index contributed by atoms with van der Waals surface area (Å²) in [5.41, 5.74) is 0.951. The highest BCUT2D eigenvalue weighted by Crippen LogP contribution is 2.29. The molecule has 0 spiro atoms. The van der Waals surface area contributed by atoms with Crippen LogP contribution in [0, 0.1) is 0 Å². The molecular weight excluding hydrogens is 216 g/mol. The standard InChI is InChI=1S/C11H15F2NO2/c1-3-15-10-6-8(7-14-2)4-5-9(10)16-11(12)13/h4-6,11,14H,3,7H2,1-2H3. The van der Waals surface area contributed by atoms with Gasteiger partial charge in [-0.3, -0.25) is 0 Å². The molecule has 16 heavy (non-hydrogen) atoms. The van der Waals surface area contributed by atoms with E-state index in [0.29, 0.717) is 18.9 Å². The second-order valence-electron chi connectivity index (χ2n) is 3.12. The summed E-state index contributed by atoms with van der Waals surface area (Å²) in [5.74, 6) is 0.409. The lowest BCUT2D eigenvalue weighted by atomic mass is 10.2. The highest BCUT2D eigenvalue weighted by atomic mass is 19.3. The molecule has 0 aromatic heterocycles. The summed E-state index contributed by atoms with van der Waals surface area (Å²) in [6.07, 6.45) is 0. The van der Waals surface area contributed by atoms with E-state index in [4.69, 9.17) is 4.74 Å². The summed E-state index contributed by atoms with van der Waals surface area (Å²) in [5, 5.41) is 2.97. The second-order valence-corrected chi connectivity index (χ2v) is 3.12. The SMILES string of the molecule is CCOc1cc(CNC)ccc1OC(F)F. The lowest BCUT2D eigenvalue weighted by molar-refractivity contribution is -0.0514. The number of halogens is 2. The highest BCUT2D eigenvalue weighted by Gasteiger charge is 2.11. The van der Waals surface area contributed by atoms with E-state index >= 15 is 0 Å². The Balaban J connectivity index is 2.89. The zero-order chi connectivity index (χ0) is 12.0. The molecule has 0 aliphatic rings. The van der Waals surface area contributed by atoms with Crippen LogP contribution in [-0.4, -0.2) is 20.3 Å². The molecule has 0 aliphatic carbocycles. The number of rotatable bonds is 6. The third-order valence-corrected chi connectivity index (χ3v) is 1.90. The number of nitrogens with one attached hydrogen (secondary N) is 1. The maximum absolute atomic E-state index is 12.1. The first-order chi connectivity index (χ1) is 7.67. The van der Waals surface area contributed by atoms with Crippen LogP contribution in [0.25, 0.3) is 0 Å². The first-order valence-corrected chi connectivity index (χ1v) is 5.02. The summed E-state index contributed by atoms with van der Waals surface area (Å²) in [6, 6.07) is 4.90. The van der Waals surface area contributed by atoms with Gasteiger partial charge in [0.25, 0.3) is 0 Å². The van der Waals surface area contributed by atoms with Crippen LogP contribution < -0.4 is 14.8 Å². The minimum absolute atomic E-state index is 0.0664. The molecule has 0 unspecified atom stereocenters. The molecule has 1 aromatic rings. The normalized spacial score (nSPS) is 10.6. The third kappa shape index (κ3) is 3.66. The molecule has 1 aromatic carbocycles. The molecule has 1 N–H and O–H groups in total. The molecule has 1 rings (SSSR count). The Morgan fingerprint density at radius 3 is 2.62 bits per heavy atom. The van der Waals surface area contributed by atoms with E-state index in [-0.39, 0.29) is 5.75 Å². The summed E-state index contributed by atoms with van der Waals surface area (Å²) < 4.78 is 33.8. The fraction of sp³-hybridized carbons (Fsp3) is 0.455. The molecule has 0 aliphatic heterocycles. The lowest BCUT2D eigenvalue weighted by Crippen LogP contribution is -2.07. The maximum Gasteiger partial charge on any atom is 0.387 e. The molecule has 0 fully saturated rings. The van der Waals surface area contributed by atoms with Crippen molar-refractivity contribution in [1.29, 1.82) is 0 Å². The van der Waals surface area contributed by atoms with E-state index in [9.17, 15) is 8.78 Å². The molecule has 5 heteroatoms. The quantitative estimate of drug-likeness (QED) is 0.815. The Labute approximate surface area is 93.4 Å². The van der Waals surface area contributed by atoms with Crippen molar-refractivity contribution in [3.05, 3.63) is 23.8 Å². The van der Waals surface area contributed by atoms with Gasteiger partial charge in [-0.15, -0.1) is 0 Å². The van der Waals surface area contributed by atoms with Crippen molar-refractivity contribution >= 4 is 0 Å². The Kier molecular flexibility index (Phi) is 4.98. The fourth-order valence-corrected chi connectivity index (χ4v) is 1.33. The first kappa shape index (κ1) is 12.7. The molecule has 0 saturated heterocycles. The molecule has 0 heterocycles. The van der Waals surface area contributed by atoms with Crippen LogP contribution >= 0.6 is 0 Å². The van der Waals surface area contributed by atoms with Crippen LogP contribution in [0.15, 0.2) is 18.2 Å². The predicted octanol–water partition coefficient (Wildman–Crippen LogP) is 2.41. The summed E-state index contributed by atoms with van der Waals surface area (Å²) in [4.78, 5) is 0. The van der Waals surface area contributed by atoms with Crippen LogP contribution in [-0.2, 0) is 6.54 Å². The largest absolute Gasteiger partial charge is 0.490 e. The predicted molar refractivity (Wildman–Crippen MR) is 57.0 cm³/mol. The number of hydrogen-bond acceptors (Lipinski definition) is 3. The Bertz CT molecular complexity index is 332. The molecule has 90 valence electrons. The minimum atomic E-state index is -2.84. The number of ether oxygens (including phenoxy) is 2. The van der Waals surface area contributed by atoms with Crippen molar-refractivity contribution < 1.29 is 18.3 Å². The van der Waals surface area contributed by atoms with Gasteiger partial charge in [0, 0.05) is 6.54 Å². The first-order valence-electron chi connectivity index (χ1n) is 5.02. The summed E-state index contributed by atoms with van der Waals surface area (Å²) >= 11 is 0. The minimum Gasteiger partial charge on any atom is -0.490 e. The van der Waals surface area contributed by atoms with Crippen LogP contribution in [0.3, 0.4) is 0 Å². The smallest absolute Gasteiger partial charge is 0.387 e. The van der Waals surface area contributed by atoms with Crippen LogP contribution in [0.5, 0.6) is 11.5 Å². The molecule has 3 nitrogen and oxygen atoms in total. The molecule has 0 saturated carbocycles. The van der Waals surface area contributed by atoms with Gasteiger partial charge in [-0.05, 0) is 31.7 Å². The summed E-state index contributed by atoms with van der Waals surface area (Å²) in [6.45, 7) is 0.00324. The topological polar surface area (TPSA) is 30.5 Å². The van der Waals surface area contributed by atoms with Gasteiger partial charge in [0.2, 0.25) is 0 Å². The van der Waals surface area contributed by atoms with E-state index in [1.165, 1.54) is 6.07 Å². The average Bonchev–Trinajstić information content (AvgIpc) is 2.22. The van der Waals surface area contributed by atoms with Crippen molar-refractivity contribution in [1.82, 2.24) is 5.32 Å². The average molecular weight is 231 g/mol. The van der Waals surface area contributed by atoms with Crippen LogP contribution in [0.1, 0.15) is 12.5 Å². The fourth-order valence-electron chi connectivity index (χ4n) is 1.33. The van der Waals surface area contributed by atoms with Crippen molar-refractivity contribution in [2.75, 3.05) is 13.7 Å². The second kappa shape index (κ2) is 6.27. The summed E-state index contributed by atoms with van der Waals surface area (Å²) in [7, 11) is 1.81. The van der Waals surface area contributed by atoms with Gasteiger partial charge in [0.15, 0.2) is 11.5 Å². The van der Waals surface area contributed by atoms with E-state index in [1.54, 1.807) is 19.1 Å². The van der Waals surface area contributed by atoms with Gasteiger partial charge in [0.05, 0.1) is 6.61 Å². The van der Waals surface area contributed by atoms with E-state index in [2.05, 4.69) is 10.1 Å². The van der Waals surface area contributed by atoms with Gasteiger partial charge in [-0.2, -0.15) is 8.78 Å². The Morgan fingerprint density at radius 2 is 2.06 bits per heavy atom. The van der Waals surface area contributed by atoms with Gasteiger partial charge in [0.1, 0.15) is 0 Å². The number of alkyl halides is 2.